The zero-order chi connectivity index (χ0) is 35.2. The maximum atomic E-state index is 5.43. The molecule has 53 heavy (non-hydrogen) atoms. The maximum Gasteiger partial charge on any atom is 0.138 e. The quantitative estimate of drug-likeness (QED) is 0.182. The molecule has 0 spiro atoms. The molecule has 4 heteroatoms. The third-order valence-electron chi connectivity index (χ3n) is 10.9. The zero-order valence-corrected chi connectivity index (χ0v) is 29.1. The van der Waals surface area contributed by atoms with Crippen molar-refractivity contribution in [3.8, 4) is 45.1 Å². The number of hydrogen-bond donors (Lipinski definition) is 0. The first-order valence-corrected chi connectivity index (χ1v) is 18.1. The summed E-state index contributed by atoms with van der Waals surface area (Å²) in [7, 11) is 0. The van der Waals surface area contributed by atoms with Gasteiger partial charge in [0.15, 0.2) is 0 Å². The van der Waals surface area contributed by atoms with Crippen molar-refractivity contribution in [2.45, 2.75) is 6.92 Å². The molecule has 248 valence electrons. The number of para-hydroxylation sites is 1. The molecule has 0 N–H and O–H groups in total. The molecule has 0 atom stereocenters. The lowest BCUT2D eigenvalue weighted by molar-refractivity contribution is 1.09. The van der Waals surface area contributed by atoms with Gasteiger partial charge in [-0.25, -0.2) is 4.98 Å². The summed E-state index contributed by atoms with van der Waals surface area (Å²) >= 11 is 0. The van der Waals surface area contributed by atoms with Crippen LogP contribution >= 0.6 is 0 Å². The second-order valence-electron chi connectivity index (χ2n) is 13.8. The predicted molar refractivity (Wildman–Crippen MR) is 223 cm³/mol. The van der Waals surface area contributed by atoms with E-state index in [2.05, 4.69) is 168 Å². The molecule has 0 saturated carbocycles. The molecule has 4 heterocycles. The van der Waals surface area contributed by atoms with Crippen molar-refractivity contribution >= 4 is 66.4 Å². The summed E-state index contributed by atoms with van der Waals surface area (Å²) in [4.78, 5) is 10.2. The molecule has 1 aliphatic carbocycles. The van der Waals surface area contributed by atoms with Crippen LogP contribution in [0.15, 0.2) is 158 Å². The largest absolute Gasteiger partial charge is 0.309 e. The van der Waals surface area contributed by atoms with Gasteiger partial charge in [-0.3, -0.25) is 9.55 Å². The van der Waals surface area contributed by atoms with E-state index in [1.54, 1.807) is 0 Å². The van der Waals surface area contributed by atoms with Crippen LogP contribution < -0.4 is 0 Å². The van der Waals surface area contributed by atoms with Gasteiger partial charge in [-0.15, -0.1) is 0 Å². The Labute approximate surface area is 306 Å². The van der Waals surface area contributed by atoms with Crippen LogP contribution in [0.4, 0.5) is 0 Å². The molecule has 0 saturated heterocycles. The molecule has 1 aliphatic rings. The lowest BCUT2D eigenvalue weighted by Crippen LogP contribution is -1.99. The fourth-order valence-corrected chi connectivity index (χ4v) is 8.66. The van der Waals surface area contributed by atoms with Gasteiger partial charge in [0.05, 0.1) is 33.6 Å². The van der Waals surface area contributed by atoms with Crippen LogP contribution in [0, 0.1) is 0 Å². The number of fused-ring (bicyclic) bond motifs is 8. The third kappa shape index (κ3) is 4.24. The minimum atomic E-state index is 0.904. The number of benzene rings is 6. The van der Waals surface area contributed by atoms with Crippen molar-refractivity contribution in [1.82, 2.24) is 19.1 Å². The Morgan fingerprint density at radius 3 is 2.06 bits per heavy atom. The zero-order valence-electron chi connectivity index (χ0n) is 29.1. The molecule has 0 fully saturated rings. The van der Waals surface area contributed by atoms with Crippen molar-refractivity contribution < 1.29 is 0 Å². The van der Waals surface area contributed by atoms with Gasteiger partial charge >= 0.3 is 0 Å². The van der Waals surface area contributed by atoms with E-state index in [-0.39, 0.29) is 0 Å². The molecule has 11 rings (SSSR count). The van der Waals surface area contributed by atoms with Crippen molar-refractivity contribution in [1.29, 1.82) is 0 Å². The van der Waals surface area contributed by atoms with E-state index in [0.717, 1.165) is 56.3 Å². The number of allylic oxidation sites excluding steroid dienone is 1. The van der Waals surface area contributed by atoms with Gasteiger partial charge < -0.3 is 4.57 Å². The molecule has 0 aliphatic heterocycles. The summed E-state index contributed by atoms with van der Waals surface area (Å²) in [6.07, 6.45) is 8.15. The highest BCUT2D eigenvalue weighted by atomic mass is 15.1. The summed E-state index contributed by atoms with van der Waals surface area (Å²) < 4.78 is 4.66. The number of pyridine rings is 2. The molecule has 0 amide bonds. The summed E-state index contributed by atoms with van der Waals surface area (Å²) in [5.74, 6) is 0.904. The van der Waals surface area contributed by atoms with E-state index >= 15 is 0 Å². The van der Waals surface area contributed by atoms with Gasteiger partial charge in [-0.2, -0.15) is 0 Å². The van der Waals surface area contributed by atoms with E-state index in [4.69, 9.17) is 9.97 Å². The van der Waals surface area contributed by atoms with Crippen LogP contribution in [0.2, 0.25) is 0 Å². The van der Waals surface area contributed by atoms with E-state index in [1.165, 1.54) is 54.4 Å². The van der Waals surface area contributed by atoms with E-state index in [1.807, 2.05) is 18.3 Å². The predicted octanol–water partition coefficient (Wildman–Crippen LogP) is 12.8. The topological polar surface area (TPSA) is 35.6 Å². The lowest BCUT2D eigenvalue weighted by atomic mass is 9.99. The molecule has 6 aromatic carbocycles. The molecular weight excluding hydrogens is 645 g/mol. The van der Waals surface area contributed by atoms with Gasteiger partial charge in [0.2, 0.25) is 0 Å². The van der Waals surface area contributed by atoms with Crippen LogP contribution in [-0.4, -0.2) is 19.1 Å². The highest BCUT2D eigenvalue weighted by Gasteiger charge is 2.26. The van der Waals surface area contributed by atoms with Crippen LogP contribution in [0.25, 0.3) is 112 Å². The summed E-state index contributed by atoms with van der Waals surface area (Å²) in [5.41, 5.74) is 13.4. The van der Waals surface area contributed by atoms with Crippen molar-refractivity contribution in [2.75, 3.05) is 0 Å². The highest BCUT2D eigenvalue weighted by molar-refractivity contribution is 6.16. The average molecular weight is 677 g/mol. The Morgan fingerprint density at radius 2 is 1.26 bits per heavy atom. The number of nitrogens with zero attached hydrogens (tertiary/aromatic N) is 4. The SMILES string of the molecule is C=Cc1c(/C=C\C)c2cc(-c3ccc4c(c3)c3cc5ccccc5cc3n4-c3cc4cccc5c4c(n3)-c3cccnc3-5)ccc2n1-c1ccccc1. The maximum absolute atomic E-state index is 5.43. The normalized spacial score (nSPS) is 12.2. The fourth-order valence-electron chi connectivity index (χ4n) is 8.66. The standard InChI is InChI=1S/C49H32N4/c1-3-12-36-39-26-32(20-22-43(39)52(42(36)4-2)35-16-6-5-7-17-35)33-21-23-44-40(27-33)41-25-30-13-8-9-14-31(30)28-45(41)53(44)46-29-34-15-10-18-37-47(34)49(51-46)38-19-11-24-50-48(37)38/h3-29H,2H2,1H3/b12-3-. The Morgan fingerprint density at radius 1 is 0.566 bits per heavy atom. The van der Waals surface area contributed by atoms with Crippen molar-refractivity contribution in [3.63, 3.8) is 0 Å². The van der Waals surface area contributed by atoms with Crippen LogP contribution in [0.3, 0.4) is 0 Å². The fraction of sp³-hybridized carbons (Fsp3) is 0.0204. The molecule has 0 radical (unpaired) electrons. The third-order valence-corrected chi connectivity index (χ3v) is 10.9. The second kappa shape index (κ2) is 11.2. The molecule has 10 aromatic rings. The molecule has 0 unspecified atom stereocenters. The van der Waals surface area contributed by atoms with E-state index < -0.39 is 0 Å². The minimum Gasteiger partial charge on any atom is -0.309 e. The Bertz CT molecular complexity index is 3190. The summed E-state index contributed by atoms with van der Waals surface area (Å²) in [6.45, 7) is 6.30. The molecule has 4 aromatic heterocycles. The van der Waals surface area contributed by atoms with Gasteiger partial charge in [0.25, 0.3) is 0 Å². The van der Waals surface area contributed by atoms with E-state index in [9.17, 15) is 0 Å². The van der Waals surface area contributed by atoms with Gasteiger partial charge in [-0.1, -0.05) is 91.5 Å². The van der Waals surface area contributed by atoms with Gasteiger partial charge in [-0.05, 0) is 107 Å². The number of hydrogen-bond acceptors (Lipinski definition) is 2. The monoisotopic (exact) mass is 676 g/mol. The average Bonchev–Trinajstić information content (AvgIpc) is 3.82. The molecule has 0 bridgehead atoms. The van der Waals surface area contributed by atoms with Crippen molar-refractivity contribution in [2.24, 2.45) is 0 Å². The smallest absolute Gasteiger partial charge is 0.138 e. The first-order chi connectivity index (χ1) is 26.2. The van der Waals surface area contributed by atoms with Crippen molar-refractivity contribution in [3.05, 3.63) is 170 Å². The van der Waals surface area contributed by atoms with Crippen LogP contribution in [0.5, 0.6) is 0 Å². The molecular formula is C49H32N4. The highest BCUT2D eigenvalue weighted by Crippen LogP contribution is 2.46. The number of aromatic nitrogens is 4. The summed E-state index contributed by atoms with van der Waals surface area (Å²) in [6, 6.07) is 50.4. The number of rotatable bonds is 5. The van der Waals surface area contributed by atoms with E-state index in [0.29, 0.717) is 0 Å². The Hall–Kier alpha value is -7.04. The molecule has 4 nitrogen and oxygen atoms in total. The minimum absolute atomic E-state index is 0.904. The first-order valence-electron chi connectivity index (χ1n) is 18.1. The Kier molecular flexibility index (Phi) is 6.29. The lowest BCUT2D eigenvalue weighted by Gasteiger charge is -2.11. The van der Waals surface area contributed by atoms with Crippen LogP contribution in [-0.2, 0) is 0 Å². The summed E-state index contributed by atoms with van der Waals surface area (Å²) in [5, 5.41) is 8.35. The second-order valence-corrected chi connectivity index (χ2v) is 13.8. The van der Waals surface area contributed by atoms with Gasteiger partial charge in [0.1, 0.15) is 5.82 Å². The first kappa shape index (κ1) is 29.7. The van der Waals surface area contributed by atoms with Gasteiger partial charge in [0, 0.05) is 50.1 Å². The van der Waals surface area contributed by atoms with Crippen LogP contribution in [0.1, 0.15) is 18.2 Å². The Balaban J connectivity index is 1.16.